The lowest BCUT2D eigenvalue weighted by molar-refractivity contribution is 0.0327. The number of hydrogen-bond donors (Lipinski definition) is 0. The van der Waals surface area contributed by atoms with Crippen LogP contribution in [0.3, 0.4) is 0 Å². The molecule has 1 aromatic carbocycles. The van der Waals surface area contributed by atoms with E-state index in [0.717, 1.165) is 64.4 Å². The Hall–Kier alpha value is -0.950. The van der Waals surface area contributed by atoms with Crippen molar-refractivity contribution < 1.29 is 13.2 Å². The average molecular weight is 379 g/mol. The smallest absolute Gasteiger partial charge is 0.243 e. The summed E-state index contributed by atoms with van der Waals surface area (Å²) in [6.07, 6.45) is 5.65. The third-order valence-corrected chi connectivity index (χ3v) is 8.24. The van der Waals surface area contributed by atoms with Crippen molar-refractivity contribution in [2.24, 2.45) is 11.3 Å². The molecule has 144 valence electrons. The predicted molar refractivity (Wildman–Crippen MR) is 101 cm³/mol. The zero-order chi connectivity index (χ0) is 18.0. The fourth-order valence-electron chi connectivity index (χ4n) is 4.93. The van der Waals surface area contributed by atoms with Gasteiger partial charge in [-0.1, -0.05) is 18.2 Å². The summed E-state index contributed by atoms with van der Waals surface area (Å²) < 4.78 is 33.1. The van der Waals surface area contributed by atoms with Crippen molar-refractivity contribution >= 4 is 10.0 Å². The summed E-state index contributed by atoms with van der Waals surface area (Å²) in [6, 6.07) is 8.88. The molecule has 3 aliphatic heterocycles. The highest BCUT2D eigenvalue weighted by Gasteiger charge is 2.45. The predicted octanol–water partition coefficient (Wildman–Crippen LogP) is 2.59. The van der Waals surface area contributed by atoms with E-state index in [1.807, 2.05) is 6.07 Å². The topological polar surface area (TPSA) is 49.9 Å². The van der Waals surface area contributed by atoms with Crippen molar-refractivity contribution in [1.82, 2.24) is 9.21 Å². The van der Waals surface area contributed by atoms with E-state index < -0.39 is 10.0 Å². The van der Waals surface area contributed by atoms with E-state index in [1.54, 1.807) is 28.6 Å². The molecule has 1 spiro atoms. The van der Waals surface area contributed by atoms with Gasteiger partial charge in [0.25, 0.3) is 0 Å². The number of benzene rings is 1. The molecule has 26 heavy (non-hydrogen) atoms. The highest BCUT2D eigenvalue weighted by atomic mass is 32.2. The third kappa shape index (κ3) is 3.84. The Labute approximate surface area is 157 Å². The fourth-order valence-corrected chi connectivity index (χ4v) is 6.51. The molecule has 0 amide bonds. The molecule has 3 saturated heterocycles. The third-order valence-electron chi connectivity index (χ3n) is 6.38. The van der Waals surface area contributed by atoms with E-state index in [4.69, 9.17) is 4.74 Å². The summed E-state index contributed by atoms with van der Waals surface area (Å²) in [6.45, 7) is 6.47. The van der Waals surface area contributed by atoms with E-state index in [1.165, 1.54) is 6.42 Å². The second-order valence-corrected chi connectivity index (χ2v) is 10.2. The van der Waals surface area contributed by atoms with E-state index in [0.29, 0.717) is 18.0 Å². The second-order valence-electron chi connectivity index (χ2n) is 8.30. The van der Waals surface area contributed by atoms with Crippen LogP contribution in [0.1, 0.15) is 32.1 Å². The maximum absolute atomic E-state index is 13.0. The van der Waals surface area contributed by atoms with Crippen LogP contribution >= 0.6 is 0 Å². The minimum atomic E-state index is -3.36. The van der Waals surface area contributed by atoms with Gasteiger partial charge >= 0.3 is 0 Å². The average Bonchev–Trinajstić information content (AvgIpc) is 3.07. The molecule has 0 N–H and O–H groups in total. The molecule has 6 heteroatoms. The molecule has 0 saturated carbocycles. The van der Waals surface area contributed by atoms with Gasteiger partial charge < -0.3 is 9.64 Å². The van der Waals surface area contributed by atoms with Gasteiger partial charge in [-0.25, -0.2) is 8.42 Å². The molecule has 3 heterocycles. The Morgan fingerprint density at radius 2 is 1.81 bits per heavy atom. The molecule has 3 aliphatic rings. The van der Waals surface area contributed by atoms with E-state index in [2.05, 4.69) is 4.90 Å². The van der Waals surface area contributed by atoms with Gasteiger partial charge in [-0.3, -0.25) is 0 Å². The number of nitrogens with zero attached hydrogens (tertiary/aromatic N) is 2. The van der Waals surface area contributed by atoms with Crippen LogP contribution in [-0.2, 0) is 14.8 Å². The monoisotopic (exact) mass is 378 g/mol. The summed E-state index contributed by atoms with van der Waals surface area (Å²) in [7, 11) is -3.36. The minimum absolute atomic E-state index is 0.144. The van der Waals surface area contributed by atoms with E-state index in [9.17, 15) is 8.42 Å². The van der Waals surface area contributed by atoms with Crippen molar-refractivity contribution in [3.63, 3.8) is 0 Å². The molecule has 3 fully saturated rings. The largest absolute Gasteiger partial charge is 0.381 e. The summed E-state index contributed by atoms with van der Waals surface area (Å²) >= 11 is 0. The van der Waals surface area contributed by atoms with Crippen molar-refractivity contribution in [3.8, 4) is 0 Å². The first-order valence-corrected chi connectivity index (χ1v) is 11.4. The van der Waals surface area contributed by atoms with Gasteiger partial charge in [-0.2, -0.15) is 4.31 Å². The quantitative estimate of drug-likeness (QED) is 0.808. The summed E-state index contributed by atoms with van der Waals surface area (Å²) in [5.41, 5.74) is 0.144. The van der Waals surface area contributed by atoms with Gasteiger partial charge in [-0.05, 0) is 62.1 Å². The van der Waals surface area contributed by atoms with Crippen LogP contribution in [0.5, 0.6) is 0 Å². The Kier molecular flexibility index (Phi) is 5.37. The molecular weight excluding hydrogens is 348 g/mol. The molecule has 0 radical (unpaired) electrons. The van der Waals surface area contributed by atoms with Crippen LogP contribution in [0.4, 0.5) is 0 Å². The number of ether oxygens (including phenoxy) is 1. The van der Waals surface area contributed by atoms with Gasteiger partial charge in [0.05, 0.1) is 4.90 Å². The molecule has 1 aromatic rings. The van der Waals surface area contributed by atoms with Crippen molar-refractivity contribution in [3.05, 3.63) is 30.3 Å². The van der Waals surface area contributed by atoms with Gasteiger partial charge in [0.2, 0.25) is 10.0 Å². The number of sulfonamides is 1. The van der Waals surface area contributed by atoms with E-state index in [-0.39, 0.29) is 5.41 Å². The molecule has 0 aromatic heterocycles. The van der Waals surface area contributed by atoms with Crippen LogP contribution < -0.4 is 0 Å². The summed E-state index contributed by atoms with van der Waals surface area (Å²) in [5.74, 6) is 0.740. The maximum atomic E-state index is 13.0. The molecule has 1 atom stereocenters. The van der Waals surface area contributed by atoms with Crippen LogP contribution in [0.2, 0.25) is 0 Å². The second kappa shape index (κ2) is 7.58. The molecule has 4 rings (SSSR count). The van der Waals surface area contributed by atoms with Crippen LogP contribution in [0, 0.1) is 11.3 Å². The number of likely N-dealkylation sites (tertiary alicyclic amines) is 1. The minimum Gasteiger partial charge on any atom is -0.381 e. The SMILES string of the molecule is O=S(=O)(c1ccccc1)N1CC[C@]2(CCCN(CC3CCOCC3)C2)C1. The number of rotatable bonds is 4. The molecule has 0 aliphatic carbocycles. The molecule has 0 bridgehead atoms. The zero-order valence-electron chi connectivity index (χ0n) is 15.5. The van der Waals surface area contributed by atoms with Gasteiger partial charge in [0.15, 0.2) is 0 Å². The Morgan fingerprint density at radius 3 is 2.58 bits per heavy atom. The van der Waals surface area contributed by atoms with Crippen LogP contribution in [-0.4, -0.2) is 63.6 Å². The number of piperidine rings is 1. The van der Waals surface area contributed by atoms with Crippen molar-refractivity contribution in [2.45, 2.75) is 37.0 Å². The molecule has 5 nitrogen and oxygen atoms in total. The van der Waals surface area contributed by atoms with Gasteiger partial charge in [0, 0.05) is 39.4 Å². The van der Waals surface area contributed by atoms with E-state index >= 15 is 0 Å². The first-order chi connectivity index (χ1) is 12.6. The normalized spacial score (nSPS) is 29.4. The number of hydrogen-bond acceptors (Lipinski definition) is 4. The van der Waals surface area contributed by atoms with Crippen LogP contribution in [0.25, 0.3) is 0 Å². The first kappa shape index (κ1) is 18.4. The molecular formula is C20H30N2O3S. The Morgan fingerprint density at radius 1 is 1.04 bits per heavy atom. The lowest BCUT2D eigenvalue weighted by atomic mass is 9.79. The van der Waals surface area contributed by atoms with Gasteiger partial charge in [0.1, 0.15) is 0 Å². The van der Waals surface area contributed by atoms with Gasteiger partial charge in [-0.15, -0.1) is 0 Å². The zero-order valence-corrected chi connectivity index (χ0v) is 16.3. The standard InChI is InChI=1S/C20H30N2O3S/c23-26(24,19-5-2-1-3-6-19)22-12-10-20(17-22)9-4-11-21(16-20)15-18-7-13-25-14-8-18/h1-3,5-6,18H,4,7-17H2/t20-/m0/s1. The lowest BCUT2D eigenvalue weighted by Crippen LogP contribution is -2.47. The molecule has 0 unspecified atom stereocenters. The van der Waals surface area contributed by atoms with Crippen molar-refractivity contribution in [2.75, 3.05) is 45.9 Å². The van der Waals surface area contributed by atoms with Crippen molar-refractivity contribution in [1.29, 1.82) is 0 Å². The lowest BCUT2D eigenvalue weighted by Gasteiger charge is -2.42. The maximum Gasteiger partial charge on any atom is 0.243 e. The summed E-state index contributed by atoms with van der Waals surface area (Å²) in [4.78, 5) is 3.02. The first-order valence-electron chi connectivity index (χ1n) is 9.93. The Balaban J connectivity index is 1.41. The fraction of sp³-hybridized carbons (Fsp3) is 0.700. The highest BCUT2D eigenvalue weighted by molar-refractivity contribution is 7.89. The highest BCUT2D eigenvalue weighted by Crippen LogP contribution is 2.41. The Bertz CT molecular complexity index is 703. The summed E-state index contributed by atoms with van der Waals surface area (Å²) in [5, 5.41) is 0. The van der Waals surface area contributed by atoms with Crippen LogP contribution in [0.15, 0.2) is 35.2 Å².